The van der Waals surface area contributed by atoms with Crippen LogP contribution in [0, 0.1) is 5.82 Å². The van der Waals surface area contributed by atoms with Crippen LogP contribution < -0.4 is 10.2 Å². The maximum absolute atomic E-state index is 13.5. The van der Waals surface area contributed by atoms with E-state index in [4.69, 9.17) is 0 Å². The summed E-state index contributed by atoms with van der Waals surface area (Å²) >= 11 is 0. The third kappa shape index (κ3) is 4.36. The third-order valence-corrected chi connectivity index (χ3v) is 4.27. The lowest BCUT2D eigenvalue weighted by molar-refractivity contribution is -0.138. The van der Waals surface area contributed by atoms with Gasteiger partial charge in [-0.25, -0.2) is 9.37 Å². The Morgan fingerprint density at radius 1 is 1.17 bits per heavy atom. The van der Waals surface area contributed by atoms with Crippen molar-refractivity contribution in [1.29, 1.82) is 0 Å². The van der Waals surface area contributed by atoms with E-state index in [1.165, 1.54) is 24.2 Å². The Morgan fingerprint density at radius 2 is 1.93 bits per heavy atom. The molecule has 2 amide bonds. The molecule has 2 heterocycles. The van der Waals surface area contributed by atoms with E-state index in [9.17, 15) is 27.2 Å². The van der Waals surface area contributed by atoms with E-state index in [0.717, 1.165) is 4.90 Å². The van der Waals surface area contributed by atoms with Crippen LogP contribution in [0.2, 0.25) is 0 Å². The Kier molecular flexibility index (Phi) is 5.53. The SMILES string of the molecule is CNC(=O)c1ccc(N2C=CCN(C(=O)c3cc(F)ccc3C(F)(F)F)C2)nc1. The second-order valence-electron chi connectivity index (χ2n) is 6.20. The number of halogens is 4. The van der Waals surface area contributed by atoms with Gasteiger partial charge in [0, 0.05) is 26.0 Å². The highest BCUT2D eigenvalue weighted by molar-refractivity contribution is 5.96. The number of rotatable bonds is 3. The molecule has 1 aromatic carbocycles. The number of aromatic nitrogens is 1. The van der Waals surface area contributed by atoms with Gasteiger partial charge in [0.1, 0.15) is 11.6 Å². The maximum atomic E-state index is 13.5. The van der Waals surface area contributed by atoms with Crippen LogP contribution in [0.4, 0.5) is 23.4 Å². The van der Waals surface area contributed by atoms with Gasteiger partial charge < -0.3 is 15.1 Å². The molecule has 0 saturated heterocycles. The fourth-order valence-corrected chi connectivity index (χ4v) is 2.83. The van der Waals surface area contributed by atoms with Gasteiger partial charge in [-0.3, -0.25) is 9.59 Å². The van der Waals surface area contributed by atoms with Crippen molar-refractivity contribution in [2.75, 3.05) is 25.2 Å². The number of hydrogen-bond acceptors (Lipinski definition) is 4. The number of benzene rings is 1. The maximum Gasteiger partial charge on any atom is 0.417 e. The largest absolute Gasteiger partial charge is 0.417 e. The summed E-state index contributed by atoms with van der Waals surface area (Å²) in [6, 6.07) is 4.89. The minimum absolute atomic E-state index is 0.0550. The molecule has 0 radical (unpaired) electrons. The normalized spacial score (nSPS) is 14.1. The van der Waals surface area contributed by atoms with Crippen molar-refractivity contribution in [3.8, 4) is 0 Å². The van der Waals surface area contributed by atoms with Gasteiger partial charge >= 0.3 is 6.18 Å². The number of anilines is 1. The van der Waals surface area contributed by atoms with Crippen LogP contribution >= 0.6 is 0 Å². The Morgan fingerprint density at radius 3 is 2.55 bits per heavy atom. The molecule has 0 bridgehead atoms. The molecule has 0 fully saturated rings. The van der Waals surface area contributed by atoms with E-state index in [-0.39, 0.29) is 19.1 Å². The van der Waals surface area contributed by atoms with Crippen LogP contribution in [0.25, 0.3) is 0 Å². The molecule has 0 aliphatic carbocycles. The van der Waals surface area contributed by atoms with Crippen molar-refractivity contribution in [1.82, 2.24) is 15.2 Å². The molecule has 1 aliphatic rings. The summed E-state index contributed by atoms with van der Waals surface area (Å²) in [5, 5.41) is 2.46. The molecule has 1 aromatic heterocycles. The lowest BCUT2D eigenvalue weighted by atomic mass is 10.1. The van der Waals surface area contributed by atoms with Crippen molar-refractivity contribution < 1.29 is 27.2 Å². The third-order valence-electron chi connectivity index (χ3n) is 4.27. The highest BCUT2D eigenvalue weighted by atomic mass is 19.4. The molecule has 0 spiro atoms. The van der Waals surface area contributed by atoms with E-state index >= 15 is 0 Å². The molecular weight excluding hydrogens is 392 g/mol. The average molecular weight is 408 g/mol. The highest BCUT2D eigenvalue weighted by Gasteiger charge is 2.37. The summed E-state index contributed by atoms with van der Waals surface area (Å²) in [5.41, 5.74) is -1.62. The van der Waals surface area contributed by atoms with Crippen molar-refractivity contribution >= 4 is 17.6 Å². The number of pyridine rings is 1. The van der Waals surface area contributed by atoms with Crippen molar-refractivity contribution in [2.24, 2.45) is 0 Å². The molecule has 0 atom stereocenters. The molecule has 0 saturated carbocycles. The second-order valence-corrected chi connectivity index (χ2v) is 6.20. The van der Waals surface area contributed by atoms with Crippen molar-refractivity contribution in [3.05, 3.63) is 71.3 Å². The van der Waals surface area contributed by atoms with E-state index < -0.39 is 29.0 Å². The summed E-state index contributed by atoms with van der Waals surface area (Å²) in [5.74, 6) is -1.81. The molecule has 10 heteroatoms. The Balaban J connectivity index is 1.84. The first-order valence-corrected chi connectivity index (χ1v) is 8.48. The van der Waals surface area contributed by atoms with Gasteiger partial charge in [-0.05, 0) is 36.4 Å². The van der Waals surface area contributed by atoms with Crippen LogP contribution in [0.15, 0.2) is 48.8 Å². The molecule has 152 valence electrons. The number of nitrogens with zero attached hydrogens (tertiary/aromatic N) is 3. The van der Waals surface area contributed by atoms with Gasteiger partial charge in [0.2, 0.25) is 0 Å². The molecule has 6 nitrogen and oxygen atoms in total. The van der Waals surface area contributed by atoms with Gasteiger partial charge in [-0.15, -0.1) is 0 Å². The molecule has 2 aromatic rings. The Bertz CT molecular complexity index is 958. The number of hydrogen-bond donors (Lipinski definition) is 1. The van der Waals surface area contributed by atoms with E-state index in [2.05, 4.69) is 10.3 Å². The van der Waals surface area contributed by atoms with Gasteiger partial charge in [0.25, 0.3) is 11.8 Å². The zero-order chi connectivity index (χ0) is 21.2. The minimum atomic E-state index is -4.79. The fraction of sp³-hybridized carbons (Fsp3) is 0.211. The molecule has 29 heavy (non-hydrogen) atoms. The van der Waals surface area contributed by atoms with Crippen molar-refractivity contribution in [3.63, 3.8) is 0 Å². The first-order chi connectivity index (χ1) is 13.7. The summed E-state index contributed by atoms with van der Waals surface area (Å²) in [6.07, 6.45) is -0.247. The number of carbonyl (C=O) groups is 2. The monoisotopic (exact) mass is 408 g/mol. The molecule has 1 aliphatic heterocycles. The minimum Gasteiger partial charge on any atom is -0.355 e. The summed E-state index contributed by atoms with van der Waals surface area (Å²) < 4.78 is 53.2. The van der Waals surface area contributed by atoms with Gasteiger partial charge in [-0.2, -0.15) is 13.2 Å². The van der Waals surface area contributed by atoms with Crippen LogP contribution in [-0.4, -0.2) is 42.0 Å². The van der Waals surface area contributed by atoms with Gasteiger partial charge in [-0.1, -0.05) is 0 Å². The number of amides is 2. The summed E-state index contributed by atoms with van der Waals surface area (Å²) in [6.45, 7) is -0.0328. The molecule has 0 unspecified atom stereocenters. The van der Waals surface area contributed by atoms with E-state index in [1.807, 2.05) is 0 Å². The molecular formula is C19H16F4N4O2. The lowest BCUT2D eigenvalue weighted by Gasteiger charge is -2.32. The zero-order valence-electron chi connectivity index (χ0n) is 15.2. The van der Waals surface area contributed by atoms with Crippen molar-refractivity contribution in [2.45, 2.75) is 6.18 Å². The van der Waals surface area contributed by atoms with Crippen LogP contribution in [-0.2, 0) is 6.18 Å². The highest BCUT2D eigenvalue weighted by Crippen LogP contribution is 2.33. The van der Waals surface area contributed by atoms with Gasteiger partial charge in [0.15, 0.2) is 0 Å². The average Bonchev–Trinajstić information content (AvgIpc) is 2.72. The number of carbonyl (C=O) groups excluding carboxylic acids is 2. The topological polar surface area (TPSA) is 65.5 Å². The summed E-state index contributed by atoms with van der Waals surface area (Å²) in [7, 11) is 1.48. The number of nitrogens with one attached hydrogen (secondary N) is 1. The number of alkyl halides is 3. The smallest absolute Gasteiger partial charge is 0.355 e. The van der Waals surface area contributed by atoms with Crippen LogP contribution in [0.3, 0.4) is 0 Å². The fourth-order valence-electron chi connectivity index (χ4n) is 2.83. The van der Waals surface area contributed by atoms with E-state index in [1.54, 1.807) is 18.3 Å². The van der Waals surface area contributed by atoms with Crippen LogP contribution in [0.1, 0.15) is 26.3 Å². The predicted molar refractivity (Wildman–Crippen MR) is 96.6 cm³/mol. The molecule has 3 rings (SSSR count). The second kappa shape index (κ2) is 7.90. The van der Waals surface area contributed by atoms with E-state index in [0.29, 0.717) is 29.6 Å². The predicted octanol–water partition coefficient (Wildman–Crippen LogP) is 3.03. The van der Waals surface area contributed by atoms with Crippen LogP contribution in [0.5, 0.6) is 0 Å². The Hall–Kier alpha value is -3.43. The first kappa shape index (κ1) is 20.3. The zero-order valence-corrected chi connectivity index (χ0v) is 15.2. The first-order valence-electron chi connectivity index (χ1n) is 8.48. The van der Waals surface area contributed by atoms with Gasteiger partial charge in [0.05, 0.1) is 23.4 Å². The lowest BCUT2D eigenvalue weighted by Crippen LogP contribution is -2.43. The standard InChI is InChI=1S/C19H16F4N4O2/c1-24-17(28)12-3-6-16(25-10-12)26-7-2-8-27(11-26)18(29)14-9-13(20)4-5-15(14)19(21,22)23/h2-7,9-10H,8,11H2,1H3,(H,24,28). The Labute approximate surface area is 163 Å². The summed E-state index contributed by atoms with van der Waals surface area (Å²) in [4.78, 5) is 31.1. The quantitative estimate of drug-likeness (QED) is 0.793. The molecule has 1 N–H and O–H groups in total.